The molecule has 0 aliphatic rings. The Bertz CT molecular complexity index is 636. The van der Waals surface area contributed by atoms with E-state index in [0.29, 0.717) is 28.8 Å². The average Bonchev–Trinajstić information content (AvgIpc) is 2.48. The lowest BCUT2D eigenvalue weighted by Gasteiger charge is -2.09. The molecule has 0 atom stereocenters. The molecule has 2 rings (SSSR count). The topological polar surface area (TPSA) is 96.9 Å². The number of hydrogen-bond donors (Lipinski definition) is 2. The van der Waals surface area contributed by atoms with Crippen molar-refractivity contribution in [1.29, 1.82) is 5.26 Å². The van der Waals surface area contributed by atoms with E-state index in [1.165, 1.54) is 0 Å². The van der Waals surface area contributed by atoms with Crippen LogP contribution in [0.1, 0.15) is 24.7 Å². The molecule has 102 valence electrons. The molecule has 6 heteroatoms. The number of hydrogen-bond acceptors (Lipinski definition) is 6. The minimum Gasteiger partial charge on any atom is -0.437 e. The van der Waals surface area contributed by atoms with E-state index in [1.807, 2.05) is 6.92 Å². The van der Waals surface area contributed by atoms with Crippen LogP contribution in [-0.2, 0) is 6.42 Å². The van der Waals surface area contributed by atoms with Crippen LogP contribution in [0, 0.1) is 11.3 Å². The molecule has 0 spiro atoms. The number of para-hydroxylation sites is 1. The number of nitrogen functional groups attached to an aromatic ring is 1. The number of aromatic nitrogens is 2. The van der Waals surface area contributed by atoms with Gasteiger partial charge in [0.1, 0.15) is 23.5 Å². The van der Waals surface area contributed by atoms with Gasteiger partial charge in [-0.3, -0.25) is 0 Å². The van der Waals surface area contributed by atoms with Gasteiger partial charge in [0.2, 0.25) is 5.88 Å². The van der Waals surface area contributed by atoms with E-state index < -0.39 is 0 Å². The number of rotatable bonds is 5. The minimum atomic E-state index is 0.360. The molecule has 20 heavy (non-hydrogen) atoms. The highest BCUT2D eigenvalue weighted by Crippen LogP contribution is 2.24. The van der Waals surface area contributed by atoms with Crippen molar-refractivity contribution < 1.29 is 4.74 Å². The maximum absolute atomic E-state index is 9.04. The predicted octanol–water partition coefficient (Wildman–Crippen LogP) is 2.38. The fourth-order valence-electron chi connectivity index (χ4n) is 1.70. The molecule has 6 nitrogen and oxygen atoms in total. The maximum Gasteiger partial charge on any atom is 0.224 e. The summed E-state index contributed by atoms with van der Waals surface area (Å²) in [4.78, 5) is 8.54. The van der Waals surface area contributed by atoms with Gasteiger partial charge in [0.05, 0.1) is 5.56 Å². The maximum atomic E-state index is 9.04. The van der Waals surface area contributed by atoms with Crippen LogP contribution in [0.2, 0.25) is 0 Å². The Hall–Kier alpha value is -2.65. The molecular weight excluding hydrogens is 254 g/mol. The molecule has 2 aromatic rings. The zero-order valence-electron chi connectivity index (χ0n) is 11.1. The van der Waals surface area contributed by atoms with Crippen LogP contribution in [0.25, 0.3) is 0 Å². The van der Waals surface area contributed by atoms with E-state index in [9.17, 15) is 0 Å². The van der Waals surface area contributed by atoms with Gasteiger partial charge in [0, 0.05) is 12.5 Å². The highest BCUT2D eigenvalue weighted by molar-refractivity contribution is 5.45. The molecule has 1 heterocycles. The van der Waals surface area contributed by atoms with Crippen LogP contribution < -0.4 is 16.0 Å². The summed E-state index contributed by atoms with van der Waals surface area (Å²) in [5, 5.41) is 9.04. The van der Waals surface area contributed by atoms with E-state index >= 15 is 0 Å². The zero-order chi connectivity index (χ0) is 14.4. The Morgan fingerprint density at radius 2 is 2.15 bits per heavy atom. The van der Waals surface area contributed by atoms with Crippen molar-refractivity contribution in [1.82, 2.24) is 9.97 Å². The van der Waals surface area contributed by atoms with Gasteiger partial charge in [-0.25, -0.2) is 10.8 Å². The summed E-state index contributed by atoms with van der Waals surface area (Å²) in [7, 11) is 0. The number of ether oxygens (including phenoxy) is 1. The van der Waals surface area contributed by atoms with Gasteiger partial charge in [-0.1, -0.05) is 19.1 Å². The number of aryl methyl sites for hydroxylation is 1. The van der Waals surface area contributed by atoms with Gasteiger partial charge >= 0.3 is 0 Å². The van der Waals surface area contributed by atoms with Gasteiger partial charge in [-0.15, -0.1) is 0 Å². The molecule has 0 aliphatic heterocycles. The summed E-state index contributed by atoms with van der Waals surface area (Å²) < 4.78 is 5.66. The number of nitrogens with two attached hydrogens (primary N) is 1. The second-order valence-corrected chi connectivity index (χ2v) is 4.11. The smallest absolute Gasteiger partial charge is 0.224 e. The van der Waals surface area contributed by atoms with Crippen molar-refractivity contribution in [2.75, 3.05) is 5.43 Å². The van der Waals surface area contributed by atoms with Crippen molar-refractivity contribution in [2.24, 2.45) is 5.84 Å². The molecule has 0 aliphatic carbocycles. The van der Waals surface area contributed by atoms with E-state index in [-0.39, 0.29) is 0 Å². The van der Waals surface area contributed by atoms with Crippen molar-refractivity contribution >= 4 is 5.82 Å². The molecule has 0 saturated carbocycles. The SMILES string of the molecule is CCCc1nc(NN)cc(Oc2ccccc2C#N)n1. The van der Waals surface area contributed by atoms with Gasteiger partial charge in [0.15, 0.2) is 0 Å². The van der Waals surface area contributed by atoms with E-state index in [4.69, 9.17) is 15.8 Å². The fraction of sp³-hybridized carbons (Fsp3) is 0.214. The van der Waals surface area contributed by atoms with E-state index in [1.54, 1.807) is 30.3 Å². The Balaban J connectivity index is 2.33. The lowest BCUT2D eigenvalue weighted by Crippen LogP contribution is -2.11. The third-order valence-electron chi connectivity index (χ3n) is 2.59. The molecule has 0 amide bonds. The summed E-state index contributed by atoms with van der Waals surface area (Å²) in [6.45, 7) is 2.04. The normalized spacial score (nSPS) is 9.85. The van der Waals surface area contributed by atoms with Crippen LogP contribution in [0.15, 0.2) is 30.3 Å². The van der Waals surface area contributed by atoms with Gasteiger partial charge in [-0.05, 0) is 18.6 Å². The van der Waals surface area contributed by atoms with Gasteiger partial charge < -0.3 is 10.2 Å². The van der Waals surface area contributed by atoms with Crippen LogP contribution in [0.4, 0.5) is 5.82 Å². The first-order valence-corrected chi connectivity index (χ1v) is 6.28. The Morgan fingerprint density at radius 1 is 1.35 bits per heavy atom. The van der Waals surface area contributed by atoms with Crippen LogP contribution in [-0.4, -0.2) is 9.97 Å². The molecule has 1 aromatic heterocycles. The minimum absolute atomic E-state index is 0.360. The van der Waals surface area contributed by atoms with Crippen molar-refractivity contribution in [3.05, 3.63) is 41.7 Å². The van der Waals surface area contributed by atoms with Gasteiger partial charge in [-0.2, -0.15) is 10.2 Å². The molecule has 0 unspecified atom stereocenters. The summed E-state index contributed by atoms with van der Waals surface area (Å²) in [6.07, 6.45) is 1.65. The van der Waals surface area contributed by atoms with Gasteiger partial charge in [0.25, 0.3) is 0 Å². The quantitative estimate of drug-likeness (QED) is 0.639. The fourth-order valence-corrected chi connectivity index (χ4v) is 1.70. The standard InChI is InChI=1S/C14H15N5O/c1-2-5-12-17-13(19-16)8-14(18-12)20-11-7-4-3-6-10(11)9-15/h3-4,6-8H,2,5,16H2,1H3,(H,17,18,19). The Morgan fingerprint density at radius 3 is 2.85 bits per heavy atom. The molecular formula is C14H15N5O. The highest BCUT2D eigenvalue weighted by Gasteiger charge is 2.08. The Labute approximate surface area is 117 Å². The first kappa shape index (κ1) is 13.8. The van der Waals surface area contributed by atoms with Crippen LogP contribution in [0.5, 0.6) is 11.6 Å². The summed E-state index contributed by atoms with van der Waals surface area (Å²) in [5.41, 5.74) is 2.93. The van der Waals surface area contributed by atoms with E-state index in [0.717, 1.165) is 12.8 Å². The molecule has 0 saturated heterocycles. The van der Waals surface area contributed by atoms with Crippen molar-refractivity contribution in [3.63, 3.8) is 0 Å². The first-order valence-electron chi connectivity index (χ1n) is 6.28. The lowest BCUT2D eigenvalue weighted by molar-refractivity contribution is 0.457. The number of nitriles is 1. The largest absolute Gasteiger partial charge is 0.437 e. The van der Waals surface area contributed by atoms with Crippen LogP contribution >= 0.6 is 0 Å². The summed E-state index contributed by atoms with van der Waals surface area (Å²) >= 11 is 0. The van der Waals surface area contributed by atoms with E-state index in [2.05, 4.69) is 21.5 Å². The Kier molecular flexibility index (Phi) is 4.47. The number of benzene rings is 1. The number of anilines is 1. The third kappa shape index (κ3) is 3.22. The van der Waals surface area contributed by atoms with Crippen molar-refractivity contribution in [3.8, 4) is 17.7 Å². The number of nitrogens with one attached hydrogen (secondary N) is 1. The second-order valence-electron chi connectivity index (χ2n) is 4.11. The average molecular weight is 269 g/mol. The molecule has 0 fully saturated rings. The summed E-state index contributed by atoms with van der Waals surface area (Å²) in [5.74, 6) is 7.33. The zero-order valence-corrected chi connectivity index (χ0v) is 11.1. The molecule has 1 aromatic carbocycles. The second kappa shape index (κ2) is 6.50. The van der Waals surface area contributed by atoms with Crippen LogP contribution in [0.3, 0.4) is 0 Å². The predicted molar refractivity (Wildman–Crippen MR) is 75.1 cm³/mol. The molecule has 0 bridgehead atoms. The highest BCUT2D eigenvalue weighted by atomic mass is 16.5. The van der Waals surface area contributed by atoms with Crippen molar-refractivity contribution in [2.45, 2.75) is 19.8 Å². The lowest BCUT2D eigenvalue weighted by atomic mass is 10.2. The third-order valence-corrected chi connectivity index (χ3v) is 2.59. The number of hydrazine groups is 1. The molecule has 0 radical (unpaired) electrons. The summed E-state index contributed by atoms with van der Waals surface area (Å²) in [6, 6.07) is 10.6. The first-order chi connectivity index (χ1) is 9.76. The monoisotopic (exact) mass is 269 g/mol. The number of nitrogens with zero attached hydrogens (tertiary/aromatic N) is 3. The molecule has 3 N–H and O–H groups in total.